The largest absolute Gasteiger partial charge is 1.00 e. The standard InChI is InChI=1S/C4H9.Cu.Li/c1-3-4-2;;/h1,3-4H2,2H3;;/q-1;;+1. The van der Waals surface area contributed by atoms with Gasteiger partial charge in [-0.05, 0) is 0 Å². The maximum Gasteiger partial charge on any atom is 1.00 e. The molecule has 0 fully saturated rings. The Hall–Kier alpha value is 1.12. The van der Waals surface area contributed by atoms with Gasteiger partial charge in [-0.25, -0.2) is 0 Å². The summed E-state index contributed by atoms with van der Waals surface area (Å²) in [5.74, 6) is 0. The van der Waals surface area contributed by atoms with Gasteiger partial charge in [0.2, 0.25) is 0 Å². The van der Waals surface area contributed by atoms with E-state index in [1.807, 2.05) is 0 Å². The number of hydrogen-bond acceptors (Lipinski definition) is 0. The van der Waals surface area contributed by atoms with E-state index in [1.54, 1.807) is 0 Å². The summed E-state index contributed by atoms with van der Waals surface area (Å²) in [5, 5.41) is 0. The molecule has 0 bridgehead atoms. The smallest absolute Gasteiger partial charge is 0.343 e. The summed E-state index contributed by atoms with van der Waals surface area (Å²) in [6, 6.07) is 0. The molecule has 0 aromatic carbocycles. The molecule has 37 valence electrons. The Morgan fingerprint density at radius 3 is 1.67 bits per heavy atom. The van der Waals surface area contributed by atoms with Crippen LogP contribution < -0.4 is 18.9 Å². The minimum Gasteiger partial charge on any atom is -0.343 e. The Bertz CT molecular complexity index is 9.51. The molecule has 0 amide bonds. The van der Waals surface area contributed by atoms with E-state index in [0.717, 1.165) is 6.42 Å². The zero-order valence-electron chi connectivity index (χ0n) is 4.42. The molecule has 2 heteroatoms. The van der Waals surface area contributed by atoms with Crippen LogP contribution in [0.3, 0.4) is 0 Å². The van der Waals surface area contributed by atoms with E-state index in [1.165, 1.54) is 6.42 Å². The van der Waals surface area contributed by atoms with Gasteiger partial charge in [-0.3, -0.25) is 0 Å². The third-order valence-corrected chi connectivity index (χ3v) is 0.354. The maximum absolute atomic E-state index is 3.60. The molecular formula is C4H9CuLi. The van der Waals surface area contributed by atoms with E-state index in [9.17, 15) is 0 Å². The zero-order chi connectivity index (χ0) is 3.41. The van der Waals surface area contributed by atoms with E-state index >= 15 is 0 Å². The second kappa shape index (κ2) is 16.5. The average molecular weight is 128 g/mol. The van der Waals surface area contributed by atoms with Crippen LogP contribution in [-0.2, 0) is 17.1 Å². The van der Waals surface area contributed by atoms with Gasteiger partial charge in [-0.2, -0.15) is 6.42 Å². The Balaban J connectivity index is -0.0000000450. The minimum atomic E-state index is 0. The molecular weight excluding hydrogens is 119 g/mol. The number of unbranched alkanes of at least 4 members (excludes halogenated alkanes) is 1. The molecule has 0 unspecified atom stereocenters. The molecule has 0 heterocycles. The summed E-state index contributed by atoms with van der Waals surface area (Å²) in [4.78, 5) is 0. The summed E-state index contributed by atoms with van der Waals surface area (Å²) in [5.41, 5.74) is 0. The molecule has 0 aliphatic heterocycles. The summed E-state index contributed by atoms with van der Waals surface area (Å²) < 4.78 is 0. The van der Waals surface area contributed by atoms with Crippen LogP contribution in [0.1, 0.15) is 19.8 Å². The molecule has 6 heavy (non-hydrogen) atoms. The molecule has 0 N–H and O–H groups in total. The van der Waals surface area contributed by atoms with Crippen molar-refractivity contribution in [3.8, 4) is 0 Å². The molecule has 0 atom stereocenters. The SMILES string of the molecule is [CH2-]CCC.[Cu].[Li+]. The first-order valence-electron chi connectivity index (χ1n) is 1.71. The van der Waals surface area contributed by atoms with Crippen molar-refractivity contribution in [2.24, 2.45) is 0 Å². The van der Waals surface area contributed by atoms with Crippen molar-refractivity contribution in [1.82, 2.24) is 0 Å². The van der Waals surface area contributed by atoms with Gasteiger partial charge in [-0.15, -0.1) is 0 Å². The van der Waals surface area contributed by atoms with Crippen molar-refractivity contribution in [2.45, 2.75) is 19.8 Å². The second-order valence-corrected chi connectivity index (χ2v) is 0.854. The van der Waals surface area contributed by atoms with Crippen LogP contribution in [0.25, 0.3) is 0 Å². The van der Waals surface area contributed by atoms with Gasteiger partial charge >= 0.3 is 18.9 Å². The number of rotatable bonds is 1. The molecule has 0 nitrogen and oxygen atoms in total. The first-order chi connectivity index (χ1) is 1.91. The normalized spacial score (nSPS) is 5.00. The van der Waals surface area contributed by atoms with E-state index in [2.05, 4.69) is 13.8 Å². The predicted octanol–water partition coefficient (Wildman–Crippen LogP) is -1.38. The minimum absolute atomic E-state index is 0. The van der Waals surface area contributed by atoms with E-state index < -0.39 is 0 Å². The fourth-order valence-corrected chi connectivity index (χ4v) is 0. The van der Waals surface area contributed by atoms with Gasteiger partial charge in [-0.1, -0.05) is 13.3 Å². The van der Waals surface area contributed by atoms with Gasteiger partial charge < -0.3 is 6.92 Å². The first kappa shape index (κ1) is 15.7. The summed E-state index contributed by atoms with van der Waals surface area (Å²) in [7, 11) is 0. The second-order valence-electron chi connectivity index (χ2n) is 0.854. The zero-order valence-corrected chi connectivity index (χ0v) is 5.36. The van der Waals surface area contributed by atoms with Crippen molar-refractivity contribution < 1.29 is 35.9 Å². The van der Waals surface area contributed by atoms with Crippen molar-refractivity contribution in [3.05, 3.63) is 6.92 Å². The Kier molecular flexibility index (Phi) is 43.2. The molecule has 0 rings (SSSR count). The van der Waals surface area contributed by atoms with Crippen LogP contribution in [0.5, 0.6) is 0 Å². The van der Waals surface area contributed by atoms with Gasteiger partial charge in [0.25, 0.3) is 0 Å². The molecule has 0 aliphatic carbocycles. The molecule has 0 saturated heterocycles. The van der Waals surface area contributed by atoms with Gasteiger partial charge in [0.05, 0.1) is 0 Å². The van der Waals surface area contributed by atoms with Crippen molar-refractivity contribution in [1.29, 1.82) is 0 Å². The quantitative estimate of drug-likeness (QED) is 0.301. The van der Waals surface area contributed by atoms with E-state index in [0.29, 0.717) is 0 Å². The van der Waals surface area contributed by atoms with Crippen LogP contribution in [0.15, 0.2) is 0 Å². The topological polar surface area (TPSA) is 0 Å². The Morgan fingerprint density at radius 1 is 1.50 bits per heavy atom. The molecule has 0 aromatic rings. The molecule has 0 aliphatic rings. The van der Waals surface area contributed by atoms with Crippen LogP contribution in [0.2, 0.25) is 0 Å². The third kappa shape index (κ3) is 19.4. The fourth-order valence-electron chi connectivity index (χ4n) is 0. The van der Waals surface area contributed by atoms with Crippen LogP contribution >= 0.6 is 0 Å². The van der Waals surface area contributed by atoms with Crippen molar-refractivity contribution in [2.75, 3.05) is 0 Å². The predicted molar refractivity (Wildman–Crippen MR) is 20.3 cm³/mol. The molecule has 0 saturated carbocycles. The van der Waals surface area contributed by atoms with Gasteiger partial charge in [0.15, 0.2) is 0 Å². The Morgan fingerprint density at radius 2 is 1.67 bits per heavy atom. The molecule has 0 aromatic heterocycles. The van der Waals surface area contributed by atoms with Gasteiger partial charge in [0, 0.05) is 17.1 Å². The third-order valence-electron chi connectivity index (χ3n) is 0.354. The molecule has 1 radical (unpaired) electrons. The van der Waals surface area contributed by atoms with Crippen molar-refractivity contribution >= 4 is 0 Å². The fraction of sp³-hybridized carbons (Fsp3) is 0.750. The first-order valence-corrected chi connectivity index (χ1v) is 1.71. The summed E-state index contributed by atoms with van der Waals surface area (Å²) in [6.45, 7) is 5.72. The van der Waals surface area contributed by atoms with E-state index in [-0.39, 0.29) is 35.9 Å². The summed E-state index contributed by atoms with van der Waals surface area (Å²) >= 11 is 0. The summed E-state index contributed by atoms with van der Waals surface area (Å²) in [6.07, 6.45) is 2.28. The Labute approximate surface area is 62.7 Å². The average Bonchev–Trinajstić information content (AvgIpc) is 1.37. The van der Waals surface area contributed by atoms with Gasteiger partial charge in [0.1, 0.15) is 0 Å². The maximum atomic E-state index is 3.60. The van der Waals surface area contributed by atoms with Crippen LogP contribution in [0, 0.1) is 6.92 Å². The molecule has 0 spiro atoms. The van der Waals surface area contributed by atoms with E-state index in [4.69, 9.17) is 0 Å². The van der Waals surface area contributed by atoms with Crippen LogP contribution in [-0.4, -0.2) is 0 Å². The number of hydrogen-bond donors (Lipinski definition) is 0. The van der Waals surface area contributed by atoms with Crippen molar-refractivity contribution in [3.63, 3.8) is 0 Å². The monoisotopic (exact) mass is 127 g/mol. The van der Waals surface area contributed by atoms with Crippen LogP contribution in [0.4, 0.5) is 0 Å².